The molecule has 0 saturated heterocycles. The molecule has 1 fully saturated rings. The van der Waals surface area contributed by atoms with Crippen LogP contribution in [0.4, 0.5) is 19.0 Å². The monoisotopic (exact) mass is 571 g/mol. The number of para-hydroxylation sites is 1. The zero-order chi connectivity index (χ0) is 28.9. The third-order valence-corrected chi connectivity index (χ3v) is 7.81. The van der Waals surface area contributed by atoms with Crippen molar-refractivity contribution in [2.45, 2.75) is 36.8 Å². The Morgan fingerprint density at radius 2 is 1.73 bits per heavy atom. The number of hydrogen-bond donors (Lipinski definition) is 3. The van der Waals surface area contributed by atoms with Gasteiger partial charge in [0.1, 0.15) is 5.82 Å². The number of anilines is 1. The van der Waals surface area contributed by atoms with Crippen molar-refractivity contribution in [3.05, 3.63) is 90.0 Å². The summed E-state index contributed by atoms with van der Waals surface area (Å²) < 4.78 is 76.3. The first-order valence-electron chi connectivity index (χ1n) is 12.0. The van der Waals surface area contributed by atoms with E-state index in [0.717, 1.165) is 23.1 Å². The molecule has 4 N–H and O–H groups in total. The van der Waals surface area contributed by atoms with Gasteiger partial charge in [0.2, 0.25) is 0 Å². The van der Waals surface area contributed by atoms with Gasteiger partial charge in [0.15, 0.2) is 11.5 Å². The van der Waals surface area contributed by atoms with Gasteiger partial charge in [-0.3, -0.25) is 9.54 Å². The zero-order valence-corrected chi connectivity index (χ0v) is 22.0. The van der Waals surface area contributed by atoms with Crippen LogP contribution in [0.2, 0.25) is 0 Å². The van der Waals surface area contributed by atoms with E-state index in [2.05, 4.69) is 20.1 Å². The van der Waals surface area contributed by atoms with Crippen molar-refractivity contribution < 1.29 is 30.7 Å². The fourth-order valence-electron chi connectivity index (χ4n) is 4.96. The summed E-state index contributed by atoms with van der Waals surface area (Å²) in [5.41, 5.74) is 5.69. The molecule has 9 nitrogen and oxygen atoms in total. The lowest BCUT2D eigenvalue weighted by Gasteiger charge is -2.07. The van der Waals surface area contributed by atoms with Crippen LogP contribution in [0.15, 0.2) is 82.3 Å². The number of aromatic nitrogens is 4. The first kappa shape index (κ1) is 27.3. The van der Waals surface area contributed by atoms with Crippen molar-refractivity contribution in [3.8, 4) is 11.5 Å². The molecule has 1 aliphatic rings. The molecule has 0 spiro atoms. The molecule has 0 bridgehead atoms. The van der Waals surface area contributed by atoms with Gasteiger partial charge in [0.25, 0.3) is 16.0 Å². The molecule has 1 aliphatic carbocycles. The van der Waals surface area contributed by atoms with Crippen molar-refractivity contribution in [3.63, 3.8) is 0 Å². The predicted molar refractivity (Wildman–Crippen MR) is 141 cm³/mol. The number of fused-ring (bicyclic) bond motifs is 1. The molecule has 0 unspecified atom stereocenters. The Bertz CT molecular complexity index is 1750. The lowest BCUT2D eigenvalue weighted by atomic mass is 10.0. The molecule has 1 saturated carbocycles. The Morgan fingerprint density at radius 1 is 1.02 bits per heavy atom. The molecule has 40 heavy (non-hydrogen) atoms. The van der Waals surface area contributed by atoms with Gasteiger partial charge in [-0.05, 0) is 47.4 Å². The lowest BCUT2D eigenvalue weighted by molar-refractivity contribution is -0.140. The molecule has 13 heteroatoms. The lowest BCUT2D eigenvalue weighted by Crippen LogP contribution is -2.09. The van der Waals surface area contributed by atoms with Crippen molar-refractivity contribution >= 4 is 26.8 Å². The maximum atomic E-state index is 13.2. The summed E-state index contributed by atoms with van der Waals surface area (Å²) in [6.07, 6.45) is -3.62. The predicted octanol–water partition coefficient (Wildman–Crippen LogP) is 6.05. The minimum absolute atomic E-state index is 0.102. The summed E-state index contributed by atoms with van der Waals surface area (Å²) in [7, 11) is -4.30. The molecular weight excluding hydrogens is 547 g/mol. The highest BCUT2D eigenvalue weighted by Gasteiger charge is 2.61. The molecule has 3 aromatic heterocycles. The minimum Gasteiger partial charge on any atom is -0.385 e. The number of aromatic amines is 1. The van der Waals surface area contributed by atoms with Gasteiger partial charge in [-0.15, -0.1) is 0 Å². The molecule has 2 aromatic carbocycles. The van der Waals surface area contributed by atoms with E-state index in [1.54, 1.807) is 12.1 Å². The second-order valence-electron chi connectivity index (χ2n) is 9.99. The number of halogens is 3. The van der Waals surface area contributed by atoms with E-state index in [9.17, 15) is 21.6 Å². The number of H-pyrrole nitrogens is 1. The highest BCUT2D eigenvalue weighted by Crippen LogP contribution is 2.69. The van der Waals surface area contributed by atoms with Crippen LogP contribution >= 0.6 is 0 Å². The number of pyridine rings is 1. The molecule has 0 amide bonds. The molecule has 3 heterocycles. The van der Waals surface area contributed by atoms with E-state index >= 15 is 0 Å². The number of nitrogen functional groups attached to an aromatic ring is 1. The van der Waals surface area contributed by atoms with Gasteiger partial charge in [0.05, 0.1) is 10.5 Å². The van der Waals surface area contributed by atoms with Crippen LogP contribution in [0.5, 0.6) is 0 Å². The Hall–Kier alpha value is -4.23. The summed E-state index contributed by atoms with van der Waals surface area (Å²) in [4.78, 5) is 10.4. The second-order valence-corrected chi connectivity index (χ2v) is 11.4. The number of nitrogens with two attached hydrogens (primary N) is 1. The van der Waals surface area contributed by atoms with Crippen LogP contribution in [0, 0.1) is 5.41 Å². The van der Waals surface area contributed by atoms with Gasteiger partial charge < -0.3 is 15.2 Å². The second kappa shape index (κ2) is 9.75. The summed E-state index contributed by atoms with van der Waals surface area (Å²) in [5, 5.41) is 5.06. The molecule has 5 aromatic rings. The SMILES string of the molecule is CC1(C)[C@@H](c2ccc(S(=O)(=O)O)cc2)[C@@H]1c1noc(-c2cccnc2C(F)(F)F)n1.Nc1cc2ccccc2[nH]1. The smallest absolute Gasteiger partial charge is 0.385 e. The van der Waals surface area contributed by atoms with Gasteiger partial charge in [-0.2, -0.15) is 26.6 Å². The van der Waals surface area contributed by atoms with Gasteiger partial charge in [-0.25, -0.2) is 0 Å². The minimum atomic E-state index is -4.67. The fourth-order valence-corrected chi connectivity index (χ4v) is 5.44. The average molecular weight is 572 g/mol. The molecule has 6 rings (SSSR count). The van der Waals surface area contributed by atoms with E-state index < -0.39 is 22.0 Å². The number of benzene rings is 2. The first-order valence-corrected chi connectivity index (χ1v) is 13.5. The number of hydrogen-bond acceptors (Lipinski definition) is 7. The Morgan fingerprint density at radius 3 is 2.38 bits per heavy atom. The van der Waals surface area contributed by atoms with Crippen molar-refractivity contribution in [2.75, 3.05) is 5.73 Å². The van der Waals surface area contributed by atoms with Crippen molar-refractivity contribution in [1.29, 1.82) is 0 Å². The van der Waals surface area contributed by atoms with Gasteiger partial charge in [-0.1, -0.05) is 49.3 Å². The summed E-state index contributed by atoms with van der Waals surface area (Å²) >= 11 is 0. The third kappa shape index (κ3) is 5.29. The topological polar surface area (TPSA) is 148 Å². The van der Waals surface area contributed by atoms with Crippen LogP contribution in [0.25, 0.3) is 22.4 Å². The van der Waals surface area contributed by atoms with E-state index in [0.29, 0.717) is 0 Å². The fraction of sp³-hybridized carbons (Fsp3) is 0.222. The summed E-state index contributed by atoms with van der Waals surface area (Å²) in [6, 6.07) is 18.3. The van der Waals surface area contributed by atoms with E-state index in [-0.39, 0.29) is 39.4 Å². The molecule has 208 valence electrons. The Kier molecular flexibility index (Phi) is 6.66. The van der Waals surface area contributed by atoms with Crippen LogP contribution in [0.3, 0.4) is 0 Å². The zero-order valence-electron chi connectivity index (χ0n) is 21.2. The standard InChI is InChI=1S/C19H16F3N3O4S.C8H8N2/c1-18(2)13(10-5-7-11(8-6-10)30(26,27)28)14(18)16-24-17(29-25-16)12-4-3-9-23-15(12)19(20,21)22;9-8-5-6-3-1-2-4-7(6)10-8/h3-9,13-14H,1-2H3,(H,26,27,28);1-5,10H,9H2/t13-,14+;/m0./s1. The van der Waals surface area contributed by atoms with Crippen LogP contribution in [0.1, 0.15) is 42.8 Å². The Labute approximate surface area is 227 Å². The molecule has 2 atom stereocenters. The number of nitrogens with one attached hydrogen (secondary N) is 1. The highest BCUT2D eigenvalue weighted by molar-refractivity contribution is 7.85. The van der Waals surface area contributed by atoms with Crippen LogP contribution < -0.4 is 5.73 Å². The van der Waals surface area contributed by atoms with E-state index in [1.807, 2.05) is 44.2 Å². The maximum Gasteiger partial charge on any atom is 0.434 e. The summed E-state index contributed by atoms with van der Waals surface area (Å²) in [6.45, 7) is 3.89. The van der Waals surface area contributed by atoms with Crippen LogP contribution in [-0.4, -0.2) is 33.1 Å². The maximum absolute atomic E-state index is 13.2. The number of rotatable bonds is 4. The molecule has 0 radical (unpaired) electrons. The summed E-state index contributed by atoms with van der Waals surface area (Å²) in [5.74, 6) is 0.373. The molecular formula is C27H24F3N5O4S. The first-order chi connectivity index (χ1) is 18.8. The third-order valence-electron chi connectivity index (χ3n) is 6.94. The highest BCUT2D eigenvalue weighted by atomic mass is 32.2. The van der Waals surface area contributed by atoms with Gasteiger partial charge in [0, 0.05) is 28.9 Å². The van der Waals surface area contributed by atoms with Gasteiger partial charge >= 0.3 is 6.18 Å². The number of nitrogens with zero attached hydrogens (tertiary/aromatic N) is 3. The quantitative estimate of drug-likeness (QED) is 0.221. The van der Waals surface area contributed by atoms with Crippen molar-refractivity contribution in [2.24, 2.45) is 5.41 Å². The molecule has 0 aliphatic heterocycles. The largest absolute Gasteiger partial charge is 0.434 e. The van der Waals surface area contributed by atoms with Crippen LogP contribution in [-0.2, 0) is 16.3 Å². The average Bonchev–Trinajstić information content (AvgIpc) is 3.23. The normalized spacial score (nSPS) is 18.2. The Balaban J connectivity index is 0.000000269. The van der Waals surface area contributed by atoms with E-state index in [4.69, 9.17) is 14.8 Å². The number of alkyl halides is 3. The van der Waals surface area contributed by atoms with Crippen molar-refractivity contribution in [1.82, 2.24) is 20.1 Å². The van der Waals surface area contributed by atoms with E-state index in [1.165, 1.54) is 29.7 Å².